The molecule has 2 saturated heterocycles. The number of amides is 1. The molecule has 2 fully saturated rings. The fraction of sp³-hybridized carbons (Fsp3) is 0.600. The van der Waals surface area contributed by atoms with E-state index >= 15 is 0 Å². The highest BCUT2D eigenvalue weighted by molar-refractivity contribution is 5.68. The number of hydrogen-bond acceptors (Lipinski definition) is 4. The molecule has 2 heterocycles. The van der Waals surface area contributed by atoms with Gasteiger partial charge in [-0.25, -0.2) is 4.79 Å². The number of nitrogens with zero attached hydrogens (tertiary/aromatic N) is 2. The SMILES string of the molecule is C=C/C=C(\N=C)C12CCN(C(=O)OC(C)(C)C)CC1O2. The molecule has 0 saturated carbocycles. The van der Waals surface area contributed by atoms with Gasteiger partial charge in [-0.05, 0) is 33.6 Å². The highest BCUT2D eigenvalue weighted by Gasteiger charge is 2.62. The number of fused-ring (bicyclic) bond motifs is 1. The fourth-order valence-electron chi connectivity index (χ4n) is 2.50. The molecule has 110 valence electrons. The minimum atomic E-state index is -0.480. The second-order valence-corrected chi connectivity index (χ2v) is 6.12. The first kappa shape index (κ1) is 14.8. The fourth-order valence-corrected chi connectivity index (χ4v) is 2.50. The smallest absolute Gasteiger partial charge is 0.410 e. The highest BCUT2D eigenvalue weighted by Crippen LogP contribution is 2.49. The monoisotopic (exact) mass is 278 g/mol. The minimum absolute atomic E-state index is 0.0273. The van der Waals surface area contributed by atoms with Crippen LogP contribution in [0.1, 0.15) is 27.2 Å². The highest BCUT2D eigenvalue weighted by atomic mass is 16.6. The molecule has 5 heteroatoms. The van der Waals surface area contributed by atoms with E-state index in [4.69, 9.17) is 9.47 Å². The zero-order valence-corrected chi connectivity index (χ0v) is 12.4. The van der Waals surface area contributed by atoms with Crippen molar-refractivity contribution in [3.8, 4) is 0 Å². The Labute approximate surface area is 120 Å². The molecular formula is C15H22N2O3. The number of ether oxygens (including phenoxy) is 2. The molecule has 2 unspecified atom stereocenters. The van der Waals surface area contributed by atoms with Gasteiger partial charge in [0.25, 0.3) is 0 Å². The Kier molecular flexibility index (Phi) is 3.73. The molecular weight excluding hydrogens is 256 g/mol. The van der Waals surface area contributed by atoms with Gasteiger partial charge in [-0.1, -0.05) is 12.7 Å². The zero-order valence-electron chi connectivity index (χ0n) is 12.4. The number of carbonyl (C=O) groups is 1. The molecule has 0 spiro atoms. The van der Waals surface area contributed by atoms with Crippen LogP contribution in [0.4, 0.5) is 4.79 Å². The molecule has 20 heavy (non-hydrogen) atoms. The normalized spacial score (nSPS) is 29.4. The lowest BCUT2D eigenvalue weighted by atomic mass is 9.93. The molecule has 0 radical (unpaired) electrons. The maximum Gasteiger partial charge on any atom is 0.410 e. The van der Waals surface area contributed by atoms with Gasteiger partial charge in [-0.2, -0.15) is 0 Å². The van der Waals surface area contributed by atoms with Crippen LogP contribution in [0.2, 0.25) is 0 Å². The minimum Gasteiger partial charge on any atom is -0.444 e. The van der Waals surface area contributed by atoms with Crippen LogP contribution in [0.15, 0.2) is 29.4 Å². The maximum atomic E-state index is 12.0. The van der Waals surface area contributed by atoms with Gasteiger partial charge in [0.2, 0.25) is 0 Å². The number of allylic oxidation sites excluding steroid dienone is 2. The summed E-state index contributed by atoms with van der Waals surface area (Å²) in [7, 11) is 0. The van der Waals surface area contributed by atoms with Gasteiger partial charge in [0, 0.05) is 13.0 Å². The Balaban J connectivity index is 2.00. The van der Waals surface area contributed by atoms with Crippen LogP contribution in [-0.4, -0.2) is 48.1 Å². The number of epoxide rings is 1. The summed E-state index contributed by atoms with van der Waals surface area (Å²) >= 11 is 0. The van der Waals surface area contributed by atoms with E-state index < -0.39 is 5.60 Å². The van der Waals surface area contributed by atoms with E-state index in [1.807, 2.05) is 26.8 Å². The van der Waals surface area contributed by atoms with E-state index in [9.17, 15) is 4.79 Å². The van der Waals surface area contributed by atoms with Crippen molar-refractivity contribution in [1.82, 2.24) is 4.90 Å². The average Bonchev–Trinajstić information content (AvgIpc) is 3.07. The van der Waals surface area contributed by atoms with Crippen molar-refractivity contribution in [3.05, 3.63) is 24.4 Å². The molecule has 2 atom stereocenters. The van der Waals surface area contributed by atoms with Gasteiger partial charge in [0.05, 0.1) is 12.2 Å². The Morgan fingerprint density at radius 2 is 2.25 bits per heavy atom. The first-order valence-corrected chi connectivity index (χ1v) is 6.78. The second kappa shape index (κ2) is 5.05. The predicted molar refractivity (Wildman–Crippen MR) is 77.9 cm³/mol. The van der Waals surface area contributed by atoms with Gasteiger partial charge in [-0.3, -0.25) is 4.99 Å². The number of hydrogen-bond donors (Lipinski definition) is 0. The van der Waals surface area contributed by atoms with E-state index in [-0.39, 0.29) is 17.8 Å². The van der Waals surface area contributed by atoms with E-state index in [1.165, 1.54) is 0 Å². The van der Waals surface area contributed by atoms with Crippen molar-refractivity contribution in [3.63, 3.8) is 0 Å². The summed E-state index contributed by atoms with van der Waals surface area (Å²) in [5, 5.41) is 0. The molecule has 5 nitrogen and oxygen atoms in total. The van der Waals surface area contributed by atoms with Crippen LogP contribution in [0, 0.1) is 0 Å². The summed E-state index contributed by atoms with van der Waals surface area (Å²) in [6, 6.07) is 0. The van der Waals surface area contributed by atoms with Crippen LogP contribution < -0.4 is 0 Å². The van der Waals surface area contributed by atoms with Crippen molar-refractivity contribution in [2.75, 3.05) is 13.1 Å². The average molecular weight is 278 g/mol. The van der Waals surface area contributed by atoms with Crippen LogP contribution in [-0.2, 0) is 9.47 Å². The van der Waals surface area contributed by atoms with Gasteiger partial charge in [0.15, 0.2) is 0 Å². The number of carbonyl (C=O) groups excluding carboxylic acids is 1. The molecule has 2 aliphatic heterocycles. The Hall–Kier alpha value is -1.62. The lowest BCUT2D eigenvalue weighted by Crippen LogP contribution is -2.45. The van der Waals surface area contributed by atoms with Crippen molar-refractivity contribution in [1.29, 1.82) is 0 Å². The van der Waals surface area contributed by atoms with Crippen LogP contribution in [0.25, 0.3) is 0 Å². The third-order valence-corrected chi connectivity index (χ3v) is 3.49. The number of likely N-dealkylation sites (tertiary alicyclic amines) is 1. The first-order valence-electron chi connectivity index (χ1n) is 6.78. The third-order valence-electron chi connectivity index (χ3n) is 3.49. The summed E-state index contributed by atoms with van der Waals surface area (Å²) in [4.78, 5) is 17.7. The number of rotatable bonds is 3. The number of piperidine rings is 1. The van der Waals surface area contributed by atoms with Crippen molar-refractivity contribution < 1.29 is 14.3 Å². The van der Waals surface area contributed by atoms with Crippen LogP contribution >= 0.6 is 0 Å². The van der Waals surface area contributed by atoms with E-state index in [0.29, 0.717) is 19.5 Å². The molecule has 0 N–H and O–H groups in total. The number of aliphatic imine (C=N–C) groups is 1. The molecule has 0 aromatic carbocycles. The van der Waals surface area contributed by atoms with Crippen LogP contribution in [0.5, 0.6) is 0 Å². The molecule has 2 rings (SSSR count). The standard InChI is InChI=1S/C15H22N2O3/c1-6-7-11(16-5)15-8-9-17(10-12(15)19-15)13(18)20-14(2,3)4/h6-7,12H,1,5,8-10H2,2-4H3/b11-7-. The van der Waals surface area contributed by atoms with Gasteiger partial charge in [-0.15, -0.1) is 0 Å². The van der Waals surface area contributed by atoms with E-state index in [0.717, 1.165) is 5.70 Å². The maximum absolute atomic E-state index is 12.0. The molecule has 0 aromatic rings. The Bertz CT molecular complexity index is 464. The lowest BCUT2D eigenvalue weighted by Gasteiger charge is -2.30. The summed E-state index contributed by atoms with van der Waals surface area (Å²) in [6.45, 7) is 14.0. The Morgan fingerprint density at radius 1 is 1.55 bits per heavy atom. The lowest BCUT2D eigenvalue weighted by molar-refractivity contribution is 0.0222. The summed E-state index contributed by atoms with van der Waals surface area (Å²) in [5.74, 6) is 0. The topological polar surface area (TPSA) is 54.4 Å². The van der Waals surface area contributed by atoms with Gasteiger partial charge < -0.3 is 14.4 Å². The second-order valence-electron chi connectivity index (χ2n) is 6.12. The summed E-state index contributed by atoms with van der Waals surface area (Å²) in [5.41, 5.74) is -0.0672. The zero-order chi connectivity index (χ0) is 15.0. The molecule has 1 amide bonds. The molecule has 0 bridgehead atoms. The van der Waals surface area contributed by atoms with Gasteiger partial charge in [0.1, 0.15) is 17.3 Å². The van der Waals surface area contributed by atoms with Crippen molar-refractivity contribution >= 4 is 12.8 Å². The van der Waals surface area contributed by atoms with Crippen LogP contribution in [0.3, 0.4) is 0 Å². The largest absolute Gasteiger partial charge is 0.444 e. The summed E-state index contributed by atoms with van der Waals surface area (Å²) in [6.07, 6.45) is 3.88. The van der Waals surface area contributed by atoms with Gasteiger partial charge >= 0.3 is 6.09 Å². The quantitative estimate of drug-likeness (QED) is 0.453. The van der Waals surface area contributed by atoms with E-state index in [2.05, 4.69) is 18.3 Å². The molecule has 0 aromatic heterocycles. The summed E-state index contributed by atoms with van der Waals surface area (Å²) < 4.78 is 11.2. The molecule has 0 aliphatic carbocycles. The van der Waals surface area contributed by atoms with Crippen molar-refractivity contribution in [2.24, 2.45) is 4.99 Å². The van der Waals surface area contributed by atoms with E-state index in [1.54, 1.807) is 11.0 Å². The van der Waals surface area contributed by atoms with Crippen molar-refractivity contribution in [2.45, 2.75) is 44.5 Å². The Morgan fingerprint density at radius 3 is 2.75 bits per heavy atom. The molecule has 2 aliphatic rings. The predicted octanol–water partition coefficient (Wildman–Crippen LogP) is 2.54. The first-order chi connectivity index (χ1) is 9.32. The third kappa shape index (κ3) is 2.77.